The highest BCUT2D eigenvalue weighted by atomic mass is 35.5. The fourth-order valence-corrected chi connectivity index (χ4v) is 5.95. The number of halogens is 1. The summed E-state index contributed by atoms with van der Waals surface area (Å²) in [6.45, 7) is 6.24. The van der Waals surface area contributed by atoms with E-state index in [1.165, 1.54) is 17.3 Å². The molecule has 12 heteroatoms. The molecule has 1 fully saturated rings. The van der Waals surface area contributed by atoms with Gasteiger partial charge in [0.05, 0.1) is 62.2 Å². The number of nitrogens with one attached hydrogen (secondary N) is 2. The summed E-state index contributed by atoms with van der Waals surface area (Å²) in [5.41, 5.74) is 7.70. The zero-order valence-corrected chi connectivity index (χ0v) is 23.2. The van der Waals surface area contributed by atoms with E-state index in [1.54, 1.807) is 7.11 Å². The van der Waals surface area contributed by atoms with E-state index in [9.17, 15) is 9.59 Å². The summed E-state index contributed by atoms with van der Waals surface area (Å²) in [4.78, 5) is 27.6. The Kier molecular flexibility index (Phi) is 12.6. The van der Waals surface area contributed by atoms with Gasteiger partial charge in [-0.1, -0.05) is 6.07 Å². The third kappa shape index (κ3) is 8.90. The molecule has 3 amide bonds. The monoisotopic (exact) mass is 558 g/mol. The van der Waals surface area contributed by atoms with Crippen molar-refractivity contribution in [3.05, 3.63) is 29.3 Å². The topological polar surface area (TPSA) is 124 Å². The van der Waals surface area contributed by atoms with Crippen molar-refractivity contribution in [2.75, 3.05) is 66.4 Å². The second-order valence-corrected chi connectivity index (χ2v) is 10.8. The molecular formula is C25H39ClN4O6S. The number of methoxy groups -OCH3 is 1. The highest BCUT2D eigenvalue weighted by Crippen LogP contribution is 2.35. The first-order valence-electron chi connectivity index (χ1n) is 12.7. The lowest BCUT2D eigenvalue weighted by molar-refractivity contribution is -0.133. The molecule has 2 aliphatic rings. The zero-order chi connectivity index (χ0) is 26.6. The lowest BCUT2D eigenvalue weighted by Crippen LogP contribution is -2.55. The number of urea groups is 1. The summed E-state index contributed by atoms with van der Waals surface area (Å²) in [7, 11) is 1.65. The van der Waals surface area contributed by atoms with Gasteiger partial charge in [-0.15, -0.1) is 23.4 Å². The summed E-state index contributed by atoms with van der Waals surface area (Å²) >= 11 is 7.87. The van der Waals surface area contributed by atoms with Crippen molar-refractivity contribution in [2.24, 2.45) is 5.73 Å². The minimum Gasteiger partial charge on any atom is -0.497 e. The smallest absolute Gasteiger partial charge is 0.315 e. The minimum atomic E-state index is -0.419. The van der Waals surface area contributed by atoms with E-state index >= 15 is 0 Å². The molecule has 4 atom stereocenters. The average molecular weight is 559 g/mol. The van der Waals surface area contributed by atoms with Crippen molar-refractivity contribution in [1.82, 2.24) is 15.5 Å². The fourth-order valence-electron chi connectivity index (χ4n) is 4.35. The van der Waals surface area contributed by atoms with Crippen LogP contribution >= 0.6 is 23.4 Å². The highest BCUT2D eigenvalue weighted by molar-refractivity contribution is 8.01. The molecule has 0 saturated carbocycles. The van der Waals surface area contributed by atoms with Crippen molar-refractivity contribution < 1.29 is 28.5 Å². The van der Waals surface area contributed by atoms with Gasteiger partial charge in [0.25, 0.3) is 0 Å². The van der Waals surface area contributed by atoms with Crippen LogP contribution in [0.25, 0.3) is 0 Å². The summed E-state index contributed by atoms with van der Waals surface area (Å²) in [6, 6.07) is 5.65. The van der Waals surface area contributed by atoms with Crippen LogP contribution < -0.4 is 21.1 Å². The van der Waals surface area contributed by atoms with E-state index < -0.39 is 5.25 Å². The van der Waals surface area contributed by atoms with Crippen LogP contribution in [0.2, 0.25) is 0 Å². The van der Waals surface area contributed by atoms with Gasteiger partial charge >= 0.3 is 6.03 Å². The Balaban J connectivity index is 1.57. The predicted octanol–water partition coefficient (Wildman–Crippen LogP) is 1.89. The van der Waals surface area contributed by atoms with Crippen LogP contribution in [0.4, 0.5) is 4.79 Å². The van der Waals surface area contributed by atoms with E-state index in [1.807, 2.05) is 30.0 Å². The Bertz CT molecular complexity index is 882. The third-order valence-electron chi connectivity index (χ3n) is 6.35. The van der Waals surface area contributed by atoms with Crippen LogP contribution in [0.1, 0.15) is 30.5 Å². The number of hydrogen-bond donors (Lipinski definition) is 3. The van der Waals surface area contributed by atoms with E-state index in [4.69, 9.17) is 36.3 Å². The number of nitrogens with zero attached hydrogens (tertiary/aromatic N) is 1. The standard InChI is InChI=1S/C25H39ClN4O6S/c1-17-20-4-3-19(33-2)15-18(20)5-8-30(17)24(31)22(37-23-21(26)16-28-25(32)29-23)6-9-34-11-13-36-14-12-35-10-7-27/h3-4,15,17,21-23H,5-14,16,27H2,1-2H3,(H2,28,29,32)/t17-,21?,22+,23?/m0/s1. The number of alkyl halides is 1. The van der Waals surface area contributed by atoms with Gasteiger partial charge in [0.15, 0.2) is 0 Å². The van der Waals surface area contributed by atoms with Crippen molar-refractivity contribution in [3.63, 3.8) is 0 Å². The number of amides is 3. The summed E-state index contributed by atoms with van der Waals surface area (Å²) in [6.07, 6.45) is 1.25. The van der Waals surface area contributed by atoms with Crippen LogP contribution in [-0.4, -0.2) is 99.2 Å². The van der Waals surface area contributed by atoms with Gasteiger partial charge in [-0.3, -0.25) is 4.79 Å². The molecule has 1 saturated heterocycles. The summed E-state index contributed by atoms with van der Waals surface area (Å²) < 4.78 is 21.9. The van der Waals surface area contributed by atoms with Gasteiger partial charge < -0.3 is 40.2 Å². The number of carbonyl (C=O) groups is 2. The van der Waals surface area contributed by atoms with E-state index in [0.717, 1.165) is 17.7 Å². The van der Waals surface area contributed by atoms with Crippen LogP contribution in [-0.2, 0) is 25.4 Å². The maximum absolute atomic E-state index is 13.8. The number of fused-ring (bicyclic) bond motifs is 1. The van der Waals surface area contributed by atoms with Gasteiger partial charge in [0.1, 0.15) is 5.75 Å². The van der Waals surface area contributed by atoms with Crippen LogP contribution in [0.3, 0.4) is 0 Å². The lowest BCUT2D eigenvalue weighted by Gasteiger charge is -2.38. The molecule has 4 N–H and O–H groups in total. The Labute approximate surface area is 228 Å². The summed E-state index contributed by atoms with van der Waals surface area (Å²) in [5.74, 6) is 0.839. The molecule has 0 radical (unpaired) electrons. The van der Waals surface area contributed by atoms with Gasteiger partial charge in [0, 0.05) is 26.2 Å². The minimum absolute atomic E-state index is 0.0209. The van der Waals surface area contributed by atoms with E-state index in [2.05, 4.69) is 10.6 Å². The molecule has 208 valence electrons. The van der Waals surface area contributed by atoms with Crippen molar-refractivity contribution in [1.29, 1.82) is 0 Å². The number of rotatable bonds is 15. The third-order valence-corrected chi connectivity index (χ3v) is 8.41. The lowest BCUT2D eigenvalue weighted by atomic mass is 9.93. The molecule has 2 unspecified atom stereocenters. The SMILES string of the molecule is COc1ccc2c(c1)CCN(C(=O)[C@@H](CCOCCOCCOCCN)SC1NC(=O)NCC1Cl)[C@H]2C. The summed E-state index contributed by atoms with van der Waals surface area (Å²) in [5, 5.41) is 4.41. The molecule has 37 heavy (non-hydrogen) atoms. The highest BCUT2D eigenvalue weighted by Gasteiger charge is 2.36. The first-order valence-corrected chi connectivity index (χ1v) is 14.1. The van der Waals surface area contributed by atoms with E-state index in [-0.39, 0.29) is 28.7 Å². The molecule has 0 spiro atoms. The van der Waals surface area contributed by atoms with Crippen molar-refractivity contribution >= 4 is 35.3 Å². The number of benzene rings is 1. The number of thioether (sulfide) groups is 1. The molecule has 0 aliphatic carbocycles. The van der Waals surface area contributed by atoms with E-state index in [0.29, 0.717) is 65.7 Å². The molecule has 1 aromatic carbocycles. The maximum Gasteiger partial charge on any atom is 0.315 e. The molecule has 0 bridgehead atoms. The first-order chi connectivity index (χ1) is 17.9. The molecule has 2 aliphatic heterocycles. The quantitative estimate of drug-likeness (QED) is 0.220. The second kappa shape index (κ2) is 15.6. The number of hydrogen-bond acceptors (Lipinski definition) is 8. The second-order valence-electron chi connectivity index (χ2n) is 8.85. The first kappa shape index (κ1) is 29.8. The molecular weight excluding hydrogens is 520 g/mol. The van der Waals surface area contributed by atoms with Gasteiger partial charge in [-0.05, 0) is 43.0 Å². The number of ether oxygens (including phenoxy) is 4. The fraction of sp³-hybridized carbons (Fsp3) is 0.680. The van der Waals surface area contributed by atoms with Gasteiger partial charge in [0.2, 0.25) is 5.91 Å². The van der Waals surface area contributed by atoms with Gasteiger partial charge in [-0.2, -0.15) is 0 Å². The van der Waals surface area contributed by atoms with Gasteiger partial charge in [-0.25, -0.2) is 4.79 Å². The average Bonchev–Trinajstić information content (AvgIpc) is 2.90. The Morgan fingerprint density at radius 2 is 1.89 bits per heavy atom. The van der Waals surface area contributed by atoms with Crippen LogP contribution in [0.5, 0.6) is 5.75 Å². The normalized spacial score (nSPS) is 22.1. The molecule has 0 aromatic heterocycles. The molecule has 2 heterocycles. The van der Waals surface area contributed by atoms with Crippen LogP contribution in [0, 0.1) is 0 Å². The number of nitrogens with two attached hydrogens (primary N) is 1. The molecule has 3 rings (SSSR count). The van der Waals surface area contributed by atoms with Crippen molar-refractivity contribution in [3.8, 4) is 5.75 Å². The Morgan fingerprint density at radius 1 is 1.19 bits per heavy atom. The number of carbonyl (C=O) groups excluding carboxylic acids is 2. The zero-order valence-electron chi connectivity index (χ0n) is 21.6. The van der Waals surface area contributed by atoms with Crippen molar-refractivity contribution in [2.45, 2.75) is 41.8 Å². The maximum atomic E-state index is 13.8. The molecule has 10 nitrogen and oxygen atoms in total. The Hall–Kier alpha value is -1.76. The molecule has 1 aromatic rings. The predicted molar refractivity (Wildman–Crippen MR) is 144 cm³/mol. The van der Waals surface area contributed by atoms with Crippen LogP contribution in [0.15, 0.2) is 18.2 Å². The largest absolute Gasteiger partial charge is 0.497 e. The Morgan fingerprint density at radius 3 is 2.59 bits per heavy atom.